The van der Waals surface area contributed by atoms with Gasteiger partial charge in [-0.15, -0.1) is 0 Å². The summed E-state index contributed by atoms with van der Waals surface area (Å²) in [5, 5.41) is 8.87. The predicted molar refractivity (Wildman–Crippen MR) is 107 cm³/mol. The van der Waals surface area contributed by atoms with Crippen LogP contribution in [-0.4, -0.2) is 66.4 Å². The summed E-state index contributed by atoms with van der Waals surface area (Å²) in [6.45, 7) is 4.86. The molecule has 160 valence electrons. The van der Waals surface area contributed by atoms with Gasteiger partial charge in [-0.25, -0.2) is 0 Å². The number of nitrogens with zero attached hydrogens (tertiary/aromatic N) is 1. The number of carbonyl (C=O) groups is 4. The highest BCUT2D eigenvalue weighted by molar-refractivity contribution is 6.24. The van der Waals surface area contributed by atoms with Gasteiger partial charge in [-0.1, -0.05) is 12.1 Å². The van der Waals surface area contributed by atoms with E-state index in [0.29, 0.717) is 24.2 Å². The number of carbonyl (C=O) groups excluding carboxylic acids is 4. The van der Waals surface area contributed by atoms with E-state index in [9.17, 15) is 19.2 Å². The van der Waals surface area contributed by atoms with Crippen molar-refractivity contribution in [1.82, 2.24) is 20.9 Å². The van der Waals surface area contributed by atoms with Gasteiger partial charge in [0.05, 0.1) is 23.3 Å². The number of amides is 4. The third-order valence-electron chi connectivity index (χ3n) is 5.74. The zero-order chi connectivity index (χ0) is 21.3. The standard InChI is InChI=1S/C21H26N4O5/c1-12-9-23-11-14(30-12)7-8-22-10-13-3-2-4-15-18(13)21(29)25(20(15)28)16-5-6-17(26)24-19(16)27/h2-4,12,14,16,22-23H,5-11H2,1H3,(H,24,26,27). The van der Waals surface area contributed by atoms with Crippen LogP contribution in [0.25, 0.3) is 0 Å². The van der Waals surface area contributed by atoms with Crippen molar-refractivity contribution in [3.8, 4) is 0 Å². The molecule has 4 rings (SSSR count). The molecule has 1 aromatic carbocycles. The molecule has 30 heavy (non-hydrogen) atoms. The largest absolute Gasteiger partial charge is 0.373 e. The lowest BCUT2D eigenvalue weighted by molar-refractivity contribution is -0.136. The smallest absolute Gasteiger partial charge is 0.262 e. The first kappa shape index (κ1) is 20.6. The van der Waals surface area contributed by atoms with Gasteiger partial charge < -0.3 is 15.4 Å². The molecule has 9 nitrogen and oxygen atoms in total. The van der Waals surface area contributed by atoms with Gasteiger partial charge in [0.2, 0.25) is 11.8 Å². The predicted octanol–water partition coefficient (Wildman–Crippen LogP) is -0.0556. The fourth-order valence-electron chi connectivity index (χ4n) is 4.26. The van der Waals surface area contributed by atoms with Crippen LogP contribution in [0.3, 0.4) is 0 Å². The second-order valence-corrected chi connectivity index (χ2v) is 7.98. The van der Waals surface area contributed by atoms with Crippen LogP contribution in [-0.2, 0) is 20.9 Å². The number of hydrogen-bond acceptors (Lipinski definition) is 7. The first-order valence-electron chi connectivity index (χ1n) is 10.4. The lowest BCUT2D eigenvalue weighted by Gasteiger charge is -2.28. The van der Waals surface area contributed by atoms with Crippen molar-refractivity contribution in [2.24, 2.45) is 0 Å². The highest BCUT2D eigenvalue weighted by Crippen LogP contribution is 2.29. The van der Waals surface area contributed by atoms with Gasteiger partial charge in [0, 0.05) is 26.1 Å². The van der Waals surface area contributed by atoms with Crippen molar-refractivity contribution in [2.45, 2.75) is 51.0 Å². The molecule has 0 spiro atoms. The van der Waals surface area contributed by atoms with Crippen LogP contribution in [0, 0.1) is 0 Å². The van der Waals surface area contributed by atoms with E-state index in [1.165, 1.54) is 0 Å². The number of benzene rings is 1. The minimum atomic E-state index is -0.950. The van der Waals surface area contributed by atoms with E-state index in [-0.39, 0.29) is 31.0 Å². The summed E-state index contributed by atoms with van der Waals surface area (Å²) in [6.07, 6.45) is 1.44. The van der Waals surface area contributed by atoms with Crippen molar-refractivity contribution in [3.05, 3.63) is 34.9 Å². The van der Waals surface area contributed by atoms with Crippen LogP contribution in [0.15, 0.2) is 18.2 Å². The van der Waals surface area contributed by atoms with E-state index >= 15 is 0 Å². The summed E-state index contributed by atoms with van der Waals surface area (Å²) in [7, 11) is 0. The first-order valence-corrected chi connectivity index (χ1v) is 10.4. The Bertz CT molecular complexity index is 886. The summed E-state index contributed by atoms with van der Waals surface area (Å²) < 4.78 is 5.87. The summed E-state index contributed by atoms with van der Waals surface area (Å²) >= 11 is 0. The highest BCUT2D eigenvalue weighted by Gasteiger charge is 2.45. The van der Waals surface area contributed by atoms with E-state index in [2.05, 4.69) is 16.0 Å². The molecule has 0 radical (unpaired) electrons. The Morgan fingerprint density at radius 2 is 2.00 bits per heavy atom. The van der Waals surface area contributed by atoms with Crippen LogP contribution < -0.4 is 16.0 Å². The van der Waals surface area contributed by atoms with Crippen LogP contribution in [0.5, 0.6) is 0 Å². The number of rotatable bonds is 6. The number of piperidine rings is 1. The molecular weight excluding hydrogens is 388 g/mol. The molecule has 2 fully saturated rings. The third kappa shape index (κ3) is 4.00. The maximum absolute atomic E-state index is 13.1. The second kappa shape index (κ2) is 8.63. The molecule has 2 saturated heterocycles. The third-order valence-corrected chi connectivity index (χ3v) is 5.74. The maximum atomic E-state index is 13.1. The van der Waals surface area contributed by atoms with Gasteiger partial charge in [0.25, 0.3) is 11.8 Å². The topological polar surface area (TPSA) is 117 Å². The fraction of sp³-hybridized carbons (Fsp3) is 0.524. The quantitative estimate of drug-likeness (QED) is 0.441. The minimum Gasteiger partial charge on any atom is -0.373 e. The molecule has 0 saturated carbocycles. The van der Waals surface area contributed by atoms with E-state index in [4.69, 9.17) is 4.74 Å². The summed E-state index contributed by atoms with van der Waals surface area (Å²) in [6, 6.07) is 4.21. The van der Waals surface area contributed by atoms with Crippen molar-refractivity contribution < 1.29 is 23.9 Å². The normalized spacial score (nSPS) is 26.7. The molecule has 3 heterocycles. The van der Waals surface area contributed by atoms with Gasteiger partial charge in [0.15, 0.2) is 0 Å². The molecule has 3 aliphatic heterocycles. The number of nitrogens with one attached hydrogen (secondary N) is 3. The summed E-state index contributed by atoms with van der Waals surface area (Å²) in [5.74, 6) is -1.95. The molecule has 9 heteroatoms. The molecule has 3 atom stereocenters. The van der Waals surface area contributed by atoms with Gasteiger partial charge >= 0.3 is 0 Å². The number of imide groups is 2. The van der Waals surface area contributed by atoms with Gasteiger partial charge in [0.1, 0.15) is 6.04 Å². The lowest BCUT2D eigenvalue weighted by Crippen LogP contribution is -2.54. The molecule has 4 amide bonds. The van der Waals surface area contributed by atoms with E-state index < -0.39 is 23.8 Å². The summed E-state index contributed by atoms with van der Waals surface area (Å²) in [5.41, 5.74) is 1.36. The number of morpholine rings is 1. The molecule has 1 aromatic rings. The average molecular weight is 414 g/mol. The zero-order valence-electron chi connectivity index (χ0n) is 16.9. The van der Waals surface area contributed by atoms with E-state index in [0.717, 1.165) is 30.0 Å². The molecular formula is C21H26N4O5. The molecule has 0 bridgehead atoms. The SMILES string of the molecule is CC1CNCC(CCNCc2cccc3c2C(=O)N(C2CCC(=O)NC2=O)C3=O)O1. The number of fused-ring (bicyclic) bond motifs is 1. The monoisotopic (exact) mass is 414 g/mol. The molecule has 3 N–H and O–H groups in total. The van der Waals surface area contributed by atoms with Gasteiger partial charge in [-0.05, 0) is 37.9 Å². The Kier molecular flexibility index (Phi) is 5.94. The van der Waals surface area contributed by atoms with Crippen LogP contribution in [0.4, 0.5) is 0 Å². The summed E-state index contributed by atoms with van der Waals surface area (Å²) in [4.78, 5) is 50.5. The highest BCUT2D eigenvalue weighted by atomic mass is 16.5. The average Bonchev–Trinajstić information content (AvgIpc) is 2.97. The minimum absolute atomic E-state index is 0.106. The van der Waals surface area contributed by atoms with Gasteiger partial charge in [-0.2, -0.15) is 0 Å². The van der Waals surface area contributed by atoms with Crippen LogP contribution in [0.2, 0.25) is 0 Å². The molecule has 0 aromatic heterocycles. The number of hydrogen-bond donors (Lipinski definition) is 3. The maximum Gasteiger partial charge on any atom is 0.262 e. The molecule has 0 aliphatic carbocycles. The van der Waals surface area contributed by atoms with Crippen molar-refractivity contribution in [1.29, 1.82) is 0 Å². The zero-order valence-corrected chi connectivity index (χ0v) is 16.9. The van der Waals surface area contributed by atoms with E-state index in [1.54, 1.807) is 12.1 Å². The van der Waals surface area contributed by atoms with Crippen molar-refractivity contribution in [3.63, 3.8) is 0 Å². The van der Waals surface area contributed by atoms with Crippen molar-refractivity contribution >= 4 is 23.6 Å². The Morgan fingerprint density at radius 3 is 2.77 bits per heavy atom. The Hall–Kier alpha value is -2.62. The second-order valence-electron chi connectivity index (χ2n) is 7.98. The van der Waals surface area contributed by atoms with Crippen LogP contribution >= 0.6 is 0 Å². The van der Waals surface area contributed by atoms with E-state index in [1.807, 2.05) is 13.0 Å². The first-order chi connectivity index (χ1) is 14.5. The molecule has 3 unspecified atom stereocenters. The Labute approximate surface area is 174 Å². The fourth-order valence-corrected chi connectivity index (χ4v) is 4.26. The lowest BCUT2D eigenvalue weighted by atomic mass is 10.0. The Morgan fingerprint density at radius 1 is 1.17 bits per heavy atom. The number of ether oxygens (including phenoxy) is 1. The van der Waals surface area contributed by atoms with Crippen LogP contribution in [0.1, 0.15) is 52.5 Å². The molecule has 3 aliphatic rings. The van der Waals surface area contributed by atoms with Crippen molar-refractivity contribution in [2.75, 3.05) is 19.6 Å². The Balaban J connectivity index is 1.41. The van der Waals surface area contributed by atoms with Gasteiger partial charge in [-0.3, -0.25) is 29.4 Å².